The first-order chi connectivity index (χ1) is 20.7. The summed E-state index contributed by atoms with van der Waals surface area (Å²) in [4.78, 5) is 45.4. The van der Waals surface area contributed by atoms with Gasteiger partial charge in [-0.1, -0.05) is 66.2 Å². The molecule has 1 saturated heterocycles. The highest BCUT2D eigenvalue weighted by Crippen LogP contribution is 2.21. The molecule has 0 bridgehead atoms. The highest BCUT2D eigenvalue weighted by atomic mass is 35.5. The van der Waals surface area contributed by atoms with Crippen LogP contribution in [0, 0.1) is 0 Å². The fourth-order valence-corrected chi connectivity index (χ4v) is 5.48. The fourth-order valence-electron chi connectivity index (χ4n) is 5.36. The van der Waals surface area contributed by atoms with E-state index in [1.54, 1.807) is 17.0 Å². The predicted octanol–water partition coefficient (Wildman–Crippen LogP) is 2.55. The van der Waals surface area contributed by atoms with E-state index >= 15 is 0 Å². The summed E-state index contributed by atoms with van der Waals surface area (Å²) in [7, 11) is 1.34. The van der Waals surface area contributed by atoms with Crippen LogP contribution in [0.4, 0.5) is 0 Å². The molecule has 228 valence electrons. The Hall–Kier alpha value is -4.15. The largest absolute Gasteiger partial charge is 0.467 e. The van der Waals surface area contributed by atoms with Gasteiger partial charge in [0.2, 0.25) is 11.8 Å². The molecule has 11 heteroatoms. The highest BCUT2D eigenvalue weighted by Gasteiger charge is 2.37. The van der Waals surface area contributed by atoms with Gasteiger partial charge in [-0.25, -0.2) is 4.79 Å². The maximum Gasteiger partial charge on any atom is 0.328 e. The quantitative estimate of drug-likeness (QED) is 0.107. The molecule has 6 N–H and O–H groups in total. The Bertz CT molecular complexity index is 1440. The van der Waals surface area contributed by atoms with Crippen molar-refractivity contribution >= 4 is 46.1 Å². The van der Waals surface area contributed by atoms with Gasteiger partial charge in [-0.3, -0.25) is 14.6 Å². The number of carbonyl (C=O) groups is 3. The number of amides is 2. The molecule has 4 rings (SSSR count). The van der Waals surface area contributed by atoms with E-state index in [1.165, 1.54) is 7.11 Å². The first-order valence-electron chi connectivity index (χ1n) is 14.4. The van der Waals surface area contributed by atoms with Gasteiger partial charge in [-0.15, -0.1) is 0 Å². The molecule has 1 aliphatic heterocycles. The van der Waals surface area contributed by atoms with Crippen LogP contribution in [0.3, 0.4) is 0 Å². The van der Waals surface area contributed by atoms with Crippen LogP contribution in [0.1, 0.15) is 30.4 Å². The van der Waals surface area contributed by atoms with Gasteiger partial charge in [-0.05, 0) is 53.3 Å². The van der Waals surface area contributed by atoms with Crippen molar-refractivity contribution in [2.24, 2.45) is 16.5 Å². The Morgan fingerprint density at radius 3 is 2.53 bits per heavy atom. The Labute approximate surface area is 256 Å². The van der Waals surface area contributed by atoms with Crippen molar-refractivity contribution in [3.8, 4) is 0 Å². The number of nitrogens with zero attached hydrogens (tertiary/aromatic N) is 2. The molecule has 43 heavy (non-hydrogen) atoms. The summed E-state index contributed by atoms with van der Waals surface area (Å²) in [5, 5.41) is 9.17. The molecule has 3 aromatic carbocycles. The van der Waals surface area contributed by atoms with E-state index in [4.69, 9.17) is 27.8 Å². The van der Waals surface area contributed by atoms with E-state index < -0.39 is 18.1 Å². The van der Waals surface area contributed by atoms with Crippen LogP contribution in [-0.2, 0) is 32.0 Å². The first-order valence-corrected chi connectivity index (χ1v) is 14.8. The number of nitrogens with two attached hydrogens (primary N) is 2. The molecular formula is C32H39ClN6O4. The fraction of sp³-hybridized carbons (Fsp3) is 0.375. The second-order valence-electron chi connectivity index (χ2n) is 10.7. The summed E-state index contributed by atoms with van der Waals surface area (Å²) < 4.78 is 5.18. The van der Waals surface area contributed by atoms with Crippen LogP contribution < -0.4 is 22.1 Å². The predicted molar refractivity (Wildman–Crippen MR) is 169 cm³/mol. The number of esters is 1. The Balaban J connectivity index is 1.50. The third kappa shape index (κ3) is 9.17. The lowest BCUT2D eigenvalue weighted by molar-refractivity contribution is -0.153. The summed E-state index contributed by atoms with van der Waals surface area (Å²) in [6, 6.07) is 19.6. The van der Waals surface area contributed by atoms with Crippen molar-refractivity contribution in [2.45, 2.75) is 50.2 Å². The number of ether oxygens (including phenoxy) is 1. The second-order valence-corrected chi connectivity index (χ2v) is 11.2. The number of halogens is 1. The first kappa shape index (κ1) is 31.8. The number of hydrogen-bond donors (Lipinski definition) is 4. The standard InChI is InChI=1S/C32H39ClN6O4/c1-43-31(42)28(18-22-8-11-23-5-2-3-6-24(23)17-22)39-16-14-26(38-27(30(39)41)7-4-15-36-32(34)35)20-37-29(40)19-21-9-12-25(33)13-10-21/h2-3,5-6,8-13,17,26-28,38H,4,7,14-16,18-20H2,1H3,(H,37,40)(H4,34,35,36). The smallest absolute Gasteiger partial charge is 0.328 e. The van der Waals surface area contributed by atoms with Crippen LogP contribution in [0.15, 0.2) is 71.7 Å². The van der Waals surface area contributed by atoms with Crippen LogP contribution in [-0.4, -0.2) is 73.5 Å². The third-order valence-electron chi connectivity index (χ3n) is 7.60. The third-order valence-corrected chi connectivity index (χ3v) is 7.85. The monoisotopic (exact) mass is 606 g/mol. The van der Waals surface area contributed by atoms with Crippen LogP contribution >= 0.6 is 11.6 Å². The number of carbonyl (C=O) groups excluding carboxylic acids is 3. The summed E-state index contributed by atoms with van der Waals surface area (Å²) in [6.07, 6.45) is 2.06. The van der Waals surface area contributed by atoms with E-state index in [0.29, 0.717) is 50.3 Å². The van der Waals surface area contributed by atoms with Gasteiger partial charge in [0.25, 0.3) is 0 Å². The number of guanidine groups is 1. The Morgan fingerprint density at radius 2 is 1.81 bits per heavy atom. The minimum Gasteiger partial charge on any atom is -0.467 e. The van der Waals surface area contributed by atoms with Gasteiger partial charge in [-0.2, -0.15) is 0 Å². The molecule has 0 spiro atoms. The van der Waals surface area contributed by atoms with E-state index in [0.717, 1.165) is 21.9 Å². The summed E-state index contributed by atoms with van der Waals surface area (Å²) in [5.41, 5.74) is 12.7. The molecule has 1 fully saturated rings. The average Bonchev–Trinajstić information content (AvgIpc) is 3.15. The maximum absolute atomic E-state index is 14.0. The Morgan fingerprint density at radius 1 is 1.09 bits per heavy atom. The lowest BCUT2D eigenvalue weighted by Crippen LogP contribution is -2.53. The molecule has 0 saturated carbocycles. The molecule has 2 amide bonds. The molecule has 3 aromatic rings. The number of benzene rings is 3. The normalized spacial score (nSPS) is 17.6. The number of rotatable bonds is 12. The van der Waals surface area contributed by atoms with E-state index in [1.807, 2.05) is 54.6 Å². The van der Waals surface area contributed by atoms with Crippen molar-refractivity contribution < 1.29 is 19.1 Å². The SMILES string of the molecule is COC(=O)C(Cc1ccc2ccccc2c1)N1CCC(CNC(=O)Cc2ccc(Cl)cc2)NC(CCCN=C(N)N)C1=O. The zero-order valence-corrected chi connectivity index (χ0v) is 25.1. The highest BCUT2D eigenvalue weighted by molar-refractivity contribution is 6.30. The topological polar surface area (TPSA) is 152 Å². The zero-order chi connectivity index (χ0) is 30.8. The lowest BCUT2D eigenvalue weighted by Gasteiger charge is -2.31. The van der Waals surface area contributed by atoms with Crippen molar-refractivity contribution in [2.75, 3.05) is 26.7 Å². The molecule has 0 aliphatic carbocycles. The summed E-state index contributed by atoms with van der Waals surface area (Å²) >= 11 is 5.96. The lowest BCUT2D eigenvalue weighted by atomic mass is 9.99. The van der Waals surface area contributed by atoms with Gasteiger partial charge < -0.3 is 31.7 Å². The van der Waals surface area contributed by atoms with Gasteiger partial charge in [0.15, 0.2) is 5.96 Å². The molecule has 10 nitrogen and oxygen atoms in total. The molecule has 0 aromatic heterocycles. The second kappa shape index (κ2) is 15.4. The molecule has 3 unspecified atom stereocenters. The number of hydrogen-bond acceptors (Lipinski definition) is 6. The van der Waals surface area contributed by atoms with Gasteiger partial charge in [0, 0.05) is 37.1 Å². The summed E-state index contributed by atoms with van der Waals surface area (Å²) in [5.74, 6) is -0.819. The number of aliphatic imine (C=N–C) groups is 1. The van der Waals surface area contributed by atoms with E-state index in [9.17, 15) is 14.4 Å². The molecule has 3 atom stereocenters. The van der Waals surface area contributed by atoms with Crippen LogP contribution in [0.25, 0.3) is 10.8 Å². The van der Waals surface area contributed by atoms with E-state index in [2.05, 4.69) is 15.6 Å². The van der Waals surface area contributed by atoms with Crippen molar-refractivity contribution in [1.29, 1.82) is 0 Å². The molecule has 1 aliphatic rings. The molecular weight excluding hydrogens is 568 g/mol. The van der Waals surface area contributed by atoms with Crippen molar-refractivity contribution in [3.63, 3.8) is 0 Å². The number of methoxy groups -OCH3 is 1. The van der Waals surface area contributed by atoms with Crippen molar-refractivity contribution in [1.82, 2.24) is 15.5 Å². The summed E-state index contributed by atoms with van der Waals surface area (Å²) in [6.45, 7) is 1.01. The number of nitrogens with one attached hydrogen (secondary N) is 2. The Kier molecular flexibility index (Phi) is 11.4. The molecule has 0 radical (unpaired) electrons. The van der Waals surface area contributed by atoms with E-state index in [-0.39, 0.29) is 30.2 Å². The zero-order valence-electron chi connectivity index (χ0n) is 24.3. The van der Waals surface area contributed by atoms with Gasteiger partial charge in [0.1, 0.15) is 6.04 Å². The van der Waals surface area contributed by atoms with Gasteiger partial charge >= 0.3 is 5.97 Å². The van der Waals surface area contributed by atoms with Gasteiger partial charge in [0.05, 0.1) is 19.6 Å². The minimum absolute atomic E-state index is 0.0100. The molecule has 1 heterocycles. The minimum atomic E-state index is -0.807. The van der Waals surface area contributed by atoms with Crippen molar-refractivity contribution in [3.05, 3.63) is 82.9 Å². The average molecular weight is 607 g/mol. The maximum atomic E-state index is 14.0. The van der Waals surface area contributed by atoms with Crippen LogP contribution in [0.5, 0.6) is 0 Å². The number of fused-ring (bicyclic) bond motifs is 1. The van der Waals surface area contributed by atoms with Crippen LogP contribution in [0.2, 0.25) is 5.02 Å².